The van der Waals surface area contributed by atoms with Crippen LogP contribution >= 0.6 is 0 Å². The van der Waals surface area contributed by atoms with Gasteiger partial charge in [-0.25, -0.2) is 23.0 Å². The summed E-state index contributed by atoms with van der Waals surface area (Å²) in [5, 5.41) is 38.8. The van der Waals surface area contributed by atoms with Gasteiger partial charge in [0, 0.05) is 12.1 Å². The van der Waals surface area contributed by atoms with Gasteiger partial charge in [-0.2, -0.15) is 0 Å². The average Bonchev–Trinajstić information content (AvgIpc) is 3.43. The third-order valence-electron chi connectivity index (χ3n) is 5.26. The fourth-order valence-corrected chi connectivity index (χ4v) is 4.42. The Hall–Kier alpha value is -5.13. The number of carboxylic acid groups (broad SMARTS) is 4. The highest BCUT2D eigenvalue weighted by molar-refractivity contribution is 7.92. The Labute approximate surface area is 246 Å². The minimum atomic E-state index is -3.35. The molecule has 0 unspecified atom stereocenters. The van der Waals surface area contributed by atoms with Crippen molar-refractivity contribution in [3.8, 4) is 40.0 Å². The van der Waals surface area contributed by atoms with Gasteiger partial charge in [0.05, 0.1) is 40.9 Å². The van der Waals surface area contributed by atoms with Crippen molar-refractivity contribution in [2.45, 2.75) is 30.5 Å². The van der Waals surface area contributed by atoms with Crippen molar-refractivity contribution in [1.29, 1.82) is 0 Å². The van der Waals surface area contributed by atoms with Crippen molar-refractivity contribution >= 4 is 22.1 Å². The number of nitrogens with one attached hydrogen (secondary N) is 1. The summed E-state index contributed by atoms with van der Waals surface area (Å²) >= 11 is 0. The minimum absolute atomic E-state index is 0. The van der Waals surface area contributed by atoms with Crippen LogP contribution in [0.15, 0.2) is 64.2 Å². The normalized spacial score (nSPS) is 10.3. The molecule has 17 heteroatoms. The third-order valence-corrected chi connectivity index (χ3v) is 7.43. The molecule has 0 radical (unpaired) electrons. The quantitative estimate of drug-likeness (QED) is 0.159. The Morgan fingerprint density at radius 1 is 0.930 bits per heavy atom. The largest absolute Gasteiger partial charge is 0.503 e. The van der Waals surface area contributed by atoms with Crippen LogP contribution in [0, 0.1) is 0 Å². The maximum atomic E-state index is 12.4. The summed E-state index contributed by atoms with van der Waals surface area (Å²) in [6.45, 7) is 4.02. The fourth-order valence-electron chi connectivity index (χ4n) is 3.36. The molecule has 0 amide bonds. The Bertz CT molecular complexity index is 1590. The molecule has 0 fully saturated rings. The fraction of sp³-hybridized carbons (Fsp3) is 0.231. The summed E-state index contributed by atoms with van der Waals surface area (Å²) in [6.07, 6.45) is -0.540. The maximum absolute atomic E-state index is 12.4. The Balaban J connectivity index is 0.000000917. The number of aromatic nitrogens is 4. The van der Waals surface area contributed by atoms with Gasteiger partial charge < -0.3 is 41.0 Å². The van der Waals surface area contributed by atoms with Gasteiger partial charge in [-0.1, -0.05) is 18.2 Å². The summed E-state index contributed by atoms with van der Waals surface area (Å²) < 4.78 is 36.1. The predicted molar refractivity (Wildman–Crippen MR) is 154 cm³/mol. The average molecular weight is 621 g/mol. The lowest BCUT2D eigenvalue weighted by Gasteiger charge is -2.08. The monoisotopic (exact) mass is 620 g/mol. The molecule has 4 aromatic rings. The number of rotatable bonds is 8. The molecule has 0 aliphatic heterocycles. The van der Waals surface area contributed by atoms with Gasteiger partial charge in [-0.15, -0.1) is 10.2 Å². The topological polar surface area (TPSA) is 270 Å². The second kappa shape index (κ2) is 16.3. The zero-order valence-corrected chi connectivity index (χ0v) is 24.4. The first-order valence-corrected chi connectivity index (χ1v) is 13.5. The second-order valence-corrected chi connectivity index (χ2v) is 11.0. The molecule has 2 heterocycles. The van der Waals surface area contributed by atoms with E-state index in [1.165, 1.54) is 6.20 Å². The molecule has 2 aromatic carbocycles. The van der Waals surface area contributed by atoms with Crippen LogP contribution in [0.4, 0.5) is 9.59 Å². The molecule has 0 aliphatic carbocycles. The molecule has 0 atom stereocenters. The Kier molecular flexibility index (Phi) is 13.6. The van der Waals surface area contributed by atoms with Crippen molar-refractivity contribution in [1.82, 2.24) is 31.6 Å². The van der Waals surface area contributed by atoms with Crippen LogP contribution in [0.5, 0.6) is 5.75 Å². The molecule has 232 valence electrons. The number of methoxy groups -OCH3 is 1. The summed E-state index contributed by atoms with van der Waals surface area (Å²) in [5.74, 6) is 1.14. The van der Waals surface area contributed by atoms with E-state index in [1.807, 2.05) is 25.2 Å². The first-order valence-electron chi connectivity index (χ1n) is 12.0. The first-order chi connectivity index (χ1) is 19.8. The van der Waals surface area contributed by atoms with E-state index in [4.69, 9.17) is 39.2 Å². The van der Waals surface area contributed by atoms with Crippen LogP contribution in [-0.2, 0) is 16.4 Å². The Morgan fingerprint density at radius 3 is 2.02 bits per heavy atom. The molecule has 43 heavy (non-hydrogen) atoms. The molecule has 8 N–H and O–H groups in total. The van der Waals surface area contributed by atoms with Crippen molar-refractivity contribution in [2.24, 2.45) is 0 Å². The number of carbonyl (C=O) groups is 2. The standard InChI is InChI=1S/C24H25N5O4S.2CH2O3.H3N/c1-15(2)34(30,31)18-8-6-17(7-9-18)20-13-26-14-21(27-20)24-29-28-23(33-24)19-10-5-16(12-25-3)11-22(19)32-4;2*2-1(3)4;/h5-11,13-15,25H,12H2,1-4H3;2*(H2,2,3,4);1H3. The molecule has 0 saturated carbocycles. The molecular weight excluding hydrogens is 588 g/mol. The highest BCUT2D eigenvalue weighted by atomic mass is 32.2. The molecule has 0 bridgehead atoms. The molecule has 2 aromatic heterocycles. The lowest BCUT2D eigenvalue weighted by molar-refractivity contribution is 0.135. The van der Waals surface area contributed by atoms with Crippen LogP contribution in [0.25, 0.3) is 34.3 Å². The zero-order chi connectivity index (χ0) is 31.4. The maximum Gasteiger partial charge on any atom is 0.503 e. The van der Waals surface area contributed by atoms with Crippen molar-refractivity contribution in [3.63, 3.8) is 0 Å². The van der Waals surface area contributed by atoms with Gasteiger partial charge in [0.25, 0.3) is 11.8 Å². The number of ether oxygens (including phenoxy) is 1. The minimum Gasteiger partial charge on any atom is -0.496 e. The van der Waals surface area contributed by atoms with E-state index in [-0.39, 0.29) is 16.9 Å². The molecule has 0 aliphatic rings. The summed E-state index contributed by atoms with van der Waals surface area (Å²) in [4.78, 5) is 26.2. The first kappa shape index (κ1) is 35.9. The van der Waals surface area contributed by atoms with E-state index in [1.54, 1.807) is 51.4 Å². The van der Waals surface area contributed by atoms with E-state index in [0.29, 0.717) is 35.1 Å². The number of hydrogen-bond donors (Lipinski definition) is 6. The number of hydrogen-bond acceptors (Lipinski definition) is 12. The third kappa shape index (κ3) is 10.3. The van der Waals surface area contributed by atoms with Crippen LogP contribution < -0.4 is 16.2 Å². The van der Waals surface area contributed by atoms with E-state index in [2.05, 4.69) is 25.5 Å². The lowest BCUT2D eigenvalue weighted by atomic mass is 10.1. The summed E-state index contributed by atoms with van der Waals surface area (Å²) in [6, 6.07) is 12.3. The van der Waals surface area contributed by atoms with Gasteiger partial charge in [0.2, 0.25) is 0 Å². The van der Waals surface area contributed by atoms with Gasteiger partial charge >= 0.3 is 12.3 Å². The lowest BCUT2D eigenvalue weighted by Crippen LogP contribution is -2.13. The van der Waals surface area contributed by atoms with E-state index in [9.17, 15) is 8.42 Å². The number of benzene rings is 2. The number of nitrogens with zero attached hydrogens (tertiary/aromatic N) is 4. The smallest absolute Gasteiger partial charge is 0.496 e. The second-order valence-electron chi connectivity index (χ2n) is 8.45. The van der Waals surface area contributed by atoms with Gasteiger partial charge in [0.15, 0.2) is 9.84 Å². The SMILES string of the molecule is CNCc1ccc(-c2nnc(-c3cncc(-c4ccc(S(=O)(=O)C(C)C)cc4)n3)o2)c(OC)c1.N.O=C(O)O.O=C(O)O. The van der Waals surface area contributed by atoms with Gasteiger partial charge in [0.1, 0.15) is 11.4 Å². The Morgan fingerprint density at radius 2 is 1.49 bits per heavy atom. The molecule has 0 spiro atoms. The molecule has 16 nitrogen and oxygen atoms in total. The summed E-state index contributed by atoms with van der Waals surface area (Å²) in [5.41, 5.74) is 3.42. The van der Waals surface area contributed by atoms with E-state index in [0.717, 1.165) is 11.1 Å². The number of sulfone groups is 1. The van der Waals surface area contributed by atoms with Gasteiger partial charge in [-0.05, 0) is 50.7 Å². The van der Waals surface area contributed by atoms with Crippen LogP contribution in [0.1, 0.15) is 19.4 Å². The van der Waals surface area contributed by atoms with Crippen LogP contribution in [-0.4, -0.2) is 80.7 Å². The van der Waals surface area contributed by atoms with Crippen molar-refractivity contribution < 1.29 is 47.6 Å². The van der Waals surface area contributed by atoms with Crippen LogP contribution in [0.3, 0.4) is 0 Å². The molecule has 0 saturated heterocycles. The van der Waals surface area contributed by atoms with Crippen molar-refractivity contribution in [2.75, 3.05) is 14.2 Å². The molecular formula is C26H32N6O10S. The van der Waals surface area contributed by atoms with E-state index < -0.39 is 27.4 Å². The zero-order valence-electron chi connectivity index (χ0n) is 23.6. The van der Waals surface area contributed by atoms with Gasteiger partial charge in [-0.3, -0.25) is 4.98 Å². The predicted octanol–water partition coefficient (Wildman–Crippen LogP) is 4.38. The highest BCUT2D eigenvalue weighted by Gasteiger charge is 2.20. The molecule has 4 rings (SSSR count). The highest BCUT2D eigenvalue weighted by Crippen LogP contribution is 2.32. The van der Waals surface area contributed by atoms with E-state index >= 15 is 0 Å². The van der Waals surface area contributed by atoms with Crippen molar-refractivity contribution in [3.05, 3.63) is 60.4 Å². The van der Waals surface area contributed by atoms with Crippen LogP contribution in [0.2, 0.25) is 0 Å². The summed E-state index contributed by atoms with van der Waals surface area (Å²) in [7, 11) is 0.120.